The van der Waals surface area contributed by atoms with E-state index in [-0.39, 0.29) is 35.1 Å². The van der Waals surface area contributed by atoms with Crippen molar-refractivity contribution < 1.29 is 24.0 Å². The zero-order valence-corrected chi connectivity index (χ0v) is 17.2. The van der Waals surface area contributed by atoms with E-state index in [2.05, 4.69) is 0 Å². The summed E-state index contributed by atoms with van der Waals surface area (Å²) in [4.78, 5) is 52.3. The van der Waals surface area contributed by atoms with Gasteiger partial charge in [0.25, 0.3) is 0 Å². The molecule has 0 fully saturated rings. The number of benzene rings is 2. The Kier molecular flexibility index (Phi) is 12.8. The molecule has 5 nitrogen and oxygen atoms in total. The number of ketones is 4. The predicted octanol–water partition coefficient (Wildman–Crippen LogP) is 4.30. The second-order valence-corrected chi connectivity index (χ2v) is 6.19. The quantitative estimate of drug-likeness (QED) is 0.316. The predicted molar refractivity (Wildman–Crippen MR) is 114 cm³/mol. The van der Waals surface area contributed by atoms with Crippen LogP contribution < -0.4 is 0 Å². The van der Waals surface area contributed by atoms with E-state index >= 15 is 0 Å². The first-order valence-electron chi connectivity index (χ1n) is 8.95. The van der Waals surface area contributed by atoms with Crippen LogP contribution in [0.3, 0.4) is 0 Å². The smallest absolute Gasteiger partial charge is 0.163 e. The van der Waals surface area contributed by atoms with Crippen molar-refractivity contribution in [1.29, 1.82) is 0 Å². The van der Waals surface area contributed by atoms with Crippen LogP contribution in [0.5, 0.6) is 0 Å². The van der Waals surface area contributed by atoms with Crippen LogP contribution in [-0.4, -0.2) is 29.4 Å². The Morgan fingerprint density at radius 1 is 0.655 bits per heavy atom. The fourth-order valence-electron chi connectivity index (χ4n) is 2.05. The Morgan fingerprint density at radius 2 is 1.03 bits per heavy atom. The number of rotatable bonds is 6. The highest BCUT2D eigenvalue weighted by Crippen LogP contribution is 2.08. The molecule has 0 bridgehead atoms. The molecule has 2 aromatic rings. The Morgan fingerprint density at radius 3 is 1.28 bits per heavy atom. The summed E-state index contributed by atoms with van der Waals surface area (Å²) >= 11 is 0. The molecule has 0 heterocycles. The van der Waals surface area contributed by atoms with Crippen LogP contribution >= 0.6 is 0 Å². The molecule has 0 aliphatic rings. The molecule has 0 saturated carbocycles. The van der Waals surface area contributed by atoms with Gasteiger partial charge in [-0.1, -0.05) is 60.7 Å². The normalized spacial score (nSPS) is 8.83. The number of Topliss-reactive ketones (excluding diaryl/α,β-unsaturated/α-hetero) is 4. The topological polar surface area (TPSA) is 85.3 Å². The van der Waals surface area contributed by atoms with Crippen molar-refractivity contribution in [2.24, 2.45) is 0 Å². The molecular weight excluding hydrogens is 368 g/mol. The fraction of sp³-hybridized carbons (Fsp3) is 0.208. The van der Waals surface area contributed by atoms with Crippen molar-refractivity contribution in [1.82, 2.24) is 0 Å². The van der Waals surface area contributed by atoms with Crippen LogP contribution in [0.2, 0.25) is 0 Å². The second-order valence-electron chi connectivity index (χ2n) is 6.19. The minimum Gasteiger partial charge on any atom is -0.300 e. The largest absolute Gasteiger partial charge is 0.300 e. The van der Waals surface area contributed by atoms with Crippen LogP contribution in [-0.2, 0) is 19.2 Å². The van der Waals surface area contributed by atoms with Crippen LogP contribution in [0.15, 0.2) is 66.2 Å². The molecule has 0 saturated heterocycles. The first-order chi connectivity index (χ1) is 13.7. The van der Waals surface area contributed by atoms with Gasteiger partial charge in [-0.05, 0) is 39.3 Å². The molecule has 0 radical (unpaired) electrons. The van der Waals surface area contributed by atoms with Crippen LogP contribution in [0.1, 0.15) is 50.0 Å². The lowest BCUT2D eigenvalue weighted by molar-refractivity contribution is -0.125. The molecule has 0 aliphatic heterocycles. The Balaban J connectivity index is 0.000000444. The summed E-state index contributed by atoms with van der Waals surface area (Å²) in [6.45, 7) is 5.61. The summed E-state index contributed by atoms with van der Waals surface area (Å²) < 4.78 is 0. The number of aldehydes is 1. The zero-order valence-electron chi connectivity index (χ0n) is 17.2. The molecule has 0 N–H and O–H groups in total. The van der Waals surface area contributed by atoms with Crippen molar-refractivity contribution in [2.75, 3.05) is 0 Å². The number of hydrogen-bond donors (Lipinski definition) is 0. The van der Waals surface area contributed by atoms with Gasteiger partial charge in [0, 0.05) is 5.56 Å². The molecule has 2 rings (SSSR count). The standard InChI is InChI=1S/C12H12O2.C7H6O.C5H8O2/c1-9(13)12(10(2)14)8-11-6-4-3-5-7-11;8-6-7-4-2-1-3-5-7;1-4(6)3-5(2)7/h3-8H,1-2H3;1-6H;3H2,1-2H3. The van der Waals surface area contributed by atoms with Crippen molar-refractivity contribution in [3.63, 3.8) is 0 Å². The number of hydrogen-bond acceptors (Lipinski definition) is 5. The van der Waals surface area contributed by atoms with E-state index < -0.39 is 0 Å². The molecule has 0 amide bonds. The van der Waals surface area contributed by atoms with Gasteiger partial charge in [-0.2, -0.15) is 0 Å². The molecule has 0 aliphatic carbocycles. The maximum Gasteiger partial charge on any atom is 0.163 e. The monoisotopic (exact) mass is 394 g/mol. The summed E-state index contributed by atoms with van der Waals surface area (Å²) in [5.41, 5.74) is 1.84. The minimum atomic E-state index is -0.193. The molecule has 29 heavy (non-hydrogen) atoms. The molecule has 5 heteroatoms. The lowest BCUT2D eigenvalue weighted by Gasteiger charge is -1.98. The average Bonchev–Trinajstić information content (AvgIpc) is 2.67. The summed E-state index contributed by atoms with van der Waals surface area (Å²) in [5, 5.41) is 0. The second kappa shape index (κ2) is 14.6. The minimum absolute atomic E-state index is 0.0625. The maximum atomic E-state index is 11.1. The summed E-state index contributed by atoms with van der Waals surface area (Å²) in [6, 6.07) is 18.4. The third-order valence-electron chi connectivity index (χ3n) is 3.30. The molecular formula is C24H26O5. The molecule has 0 spiro atoms. The van der Waals surface area contributed by atoms with Crippen LogP contribution in [0, 0.1) is 0 Å². The van der Waals surface area contributed by atoms with Crippen molar-refractivity contribution >= 4 is 35.5 Å². The van der Waals surface area contributed by atoms with Crippen molar-refractivity contribution in [3.8, 4) is 0 Å². The van der Waals surface area contributed by atoms with Crippen molar-refractivity contribution in [2.45, 2.75) is 34.1 Å². The van der Waals surface area contributed by atoms with Gasteiger partial charge in [-0.3, -0.25) is 24.0 Å². The van der Waals surface area contributed by atoms with E-state index in [0.717, 1.165) is 17.4 Å². The van der Waals surface area contributed by atoms with Gasteiger partial charge in [0.1, 0.15) is 17.9 Å². The van der Waals surface area contributed by atoms with Crippen molar-refractivity contribution in [3.05, 3.63) is 77.4 Å². The molecule has 0 aromatic heterocycles. The SMILES string of the molecule is CC(=O)C(=Cc1ccccc1)C(C)=O.CC(=O)CC(C)=O.O=Cc1ccccc1. The molecule has 2 aromatic carbocycles. The highest BCUT2D eigenvalue weighted by atomic mass is 16.2. The van der Waals surface area contributed by atoms with Gasteiger partial charge in [0.15, 0.2) is 11.6 Å². The average molecular weight is 394 g/mol. The third-order valence-corrected chi connectivity index (χ3v) is 3.30. The Hall–Kier alpha value is -3.47. The van der Waals surface area contributed by atoms with Gasteiger partial charge < -0.3 is 0 Å². The number of carbonyl (C=O) groups excluding carboxylic acids is 5. The van der Waals surface area contributed by atoms with E-state index in [4.69, 9.17) is 0 Å². The first kappa shape index (κ1) is 25.5. The van der Waals surface area contributed by atoms with E-state index in [9.17, 15) is 24.0 Å². The van der Waals surface area contributed by atoms with E-state index in [0.29, 0.717) is 0 Å². The lowest BCUT2D eigenvalue weighted by Crippen LogP contribution is -2.05. The van der Waals surface area contributed by atoms with Gasteiger partial charge >= 0.3 is 0 Å². The number of carbonyl (C=O) groups is 5. The third kappa shape index (κ3) is 13.4. The lowest BCUT2D eigenvalue weighted by atomic mass is 10.1. The summed E-state index contributed by atoms with van der Waals surface area (Å²) in [6.07, 6.45) is 2.53. The Labute approximate surface area is 171 Å². The highest BCUT2D eigenvalue weighted by Gasteiger charge is 2.08. The zero-order chi connectivity index (χ0) is 22.2. The maximum absolute atomic E-state index is 11.1. The number of allylic oxidation sites excluding steroid dienone is 1. The molecule has 0 atom stereocenters. The van der Waals surface area contributed by atoms with E-state index in [1.165, 1.54) is 27.7 Å². The van der Waals surface area contributed by atoms with E-state index in [1.807, 2.05) is 48.5 Å². The highest BCUT2D eigenvalue weighted by molar-refractivity contribution is 6.21. The van der Waals surface area contributed by atoms with E-state index in [1.54, 1.807) is 18.2 Å². The summed E-state index contributed by atoms with van der Waals surface area (Å²) in [5.74, 6) is -0.511. The van der Waals surface area contributed by atoms with Gasteiger partial charge in [0.05, 0.1) is 12.0 Å². The van der Waals surface area contributed by atoms with Crippen LogP contribution in [0.4, 0.5) is 0 Å². The summed E-state index contributed by atoms with van der Waals surface area (Å²) in [7, 11) is 0. The Bertz CT molecular complexity index is 821. The molecule has 152 valence electrons. The van der Waals surface area contributed by atoms with Gasteiger partial charge in [-0.15, -0.1) is 0 Å². The van der Waals surface area contributed by atoms with Gasteiger partial charge in [0.2, 0.25) is 0 Å². The van der Waals surface area contributed by atoms with Gasteiger partial charge in [-0.25, -0.2) is 0 Å². The first-order valence-corrected chi connectivity index (χ1v) is 8.95. The van der Waals surface area contributed by atoms with Crippen LogP contribution in [0.25, 0.3) is 6.08 Å². The fourth-order valence-corrected chi connectivity index (χ4v) is 2.05. The molecule has 0 unspecified atom stereocenters.